The predicted molar refractivity (Wildman–Crippen MR) is 89.0 cm³/mol. The highest BCUT2D eigenvalue weighted by Crippen LogP contribution is 2.21. The largest absolute Gasteiger partial charge is 0.312 e. The zero-order valence-electron chi connectivity index (χ0n) is 12.1. The Labute approximate surface area is 137 Å². The van der Waals surface area contributed by atoms with Crippen molar-refractivity contribution in [3.05, 3.63) is 50.6 Å². The molecule has 0 bridgehead atoms. The number of hydrogen-bond donors (Lipinski definition) is 1. The zero-order valence-corrected chi connectivity index (χ0v) is 14.5. The van der Waals surface area contributed by atoms with Gasteiger partial charge in [-0.2, -0.15) is 0 Å². The summed E-state index contributed by atoms with van der Waals surface area (Å²) in [6, 6.07) is 5.49. The minimum absolute atomic E-state index is 0.142. The molecule has 3 nitrogen and oxygen atoms in total. The highest BCUT2D eigenvalue weighted by molar-refractivity contribution is 9.10. The molecular weight excluding hydrogens is 353 g/mol. The van der Waals surface area contributed by atoms with Crippen LogP contribution < -0.4 is 5.32 Å². The first kappa shape index (κ1) is 16.5. The number of pyridine rings is 1. The lowest BCUT2D eigenvalue weighted by atomic mass is 10.1. The smallest absolute Gasteiger partial charge is 0.141 e. The summed E-state index contributed by atoms with van der Waals surface area (Å²) in [6.07, 6.45) is 2.20. The fourth-order valence-electron chi connectivity index (χ4n) is 2.16. The van der Waals surface area contributed by atoms with E-state index in [0.717, 1.165) is 29.7 Å². The SMILES string of the molecule is CNC(CCN(C)Cc1cc(Br)cs1)c1ccc(F)cn1. The van der Waals surface area contributed by atoms with Crippen LogP contribution >= 0.6 is 27.3 Å². The molecule has 1 N–H and O–H groups in total. The van der Waals surface area contributed by atoms with Gasteiger partial charge in [-0.15, -0.1) is 11.3 Å². The summed E-state index contributed by atoms with van der Waals surface area (Å²) >= 11 is 5.23. The highest BCUT2D eigenvalue weighted by atomic mass is 79.9. The molecule has 2 rings (SSSR count). The van der Waals surface area contributed by atoms with Crippen molar-refractivity contribution in [2.75, 3.05) is 20.6 Å². The number of rotatable bonds is 7. The third-order valence-corrected chi connectivity index (χ3v) is 4.99. The first-order valence-electron chi connectivity index (χ1n) is 6.78. The molecule has 2 aromatic rings. The van der Waals surface area contributed by atoms with E-state index in [0.29, 0.717) is 0 Å². The average Bonchev–Trinajstić information content (AvgIpc) is 2.86. The fraction of sp³-hybridized carbons (Fsp3) is 0.400. The Hall–Kier alpha value is -0.820. The maximum atomic E-state index is 12.9. The average molecular weight is 372 g/mol. The van der Waals surface area contributed by atoms with Gasteiger partial charge >= 0.3 is 0 Å². The van der Waals surface area contributed by atoms with Crippen LogP contribution in [0.2, 0.25) is 0 Å². The Morgan fingerprint density at radius 3 is 2.86 bits per heavy atom. The normalized spacial score (nSPS) is 12.8. The Bertz CT molecular complexity index is 558. The molecule has 1 unspecified atom stereocenters. The molecular formula is C15H19BrFN3S. The standard InChI is InChI=1S/C15H19BrFN3S/c1-18-14(15-4-3-12(17)8-19-15)5-6-20(2)9-13-7-11(16)10-21-13/h3-4,7-8,10,14,18H,5-6,9H2,1-2H3. The second-order valence-corrected chi connectivity index (χ2v) is 6.91. The van der Waals surface area contributed by atoms with Crippen LogP contribution in [0.5, 0.6) is 0 Å². The van der Waals surface area contributed by atoms with E-state index in [4.69, 9.17) is 0 Å². The number of nitrogens with one attached hydrogen (secondary N) is 1. The Balaban J connectivity index is 1.86. The van der Waals surface area contributed by atoms with Crippen LogP contribution in [0.3, 0.4) is 0 Å². The highest BCUT2D eigenvalue weighted by Gasteiger charge is 2.12. The molecule has 2 heterocycles. The van der Waals surface area contributed by atoms with Gasteiger partial charge in [0.15, 0.2) is 0 Å². The minimum atomic E-state index is -0.297. The van der Waals surface area contributed by atoms with Gasteiger partial charge in [0.05, 0.1) is 17.9 Å². The van der Waals surface area contributed by atoms with Gasteiger partial charge in [0.2, 0.25) is 0 Å². The van der Waals surface area contributed by atoms with Crippen LogP contribution in [-0.2, 0) is 6.54 Å². The van der Waals surface area contributed by atoms with Crippen LogP contribution in [0, 0.1) is 5.82 Å². The van der Waals surface area contributed by atoms with Crippen molar-refractivity contribution >= 4 is 27.3 Å². The molecule has 1 atom stereocenters. The third-order valence-electron chi connectivity index (χ3n) is 3.30. The lowest BCUT2D eigenvalue weighted by Crippen LogP contribution is -2.25. The van der Waals surface area contributed by atoms with Crippen LogP contribution in [-0.4, -0.2) is 30.5 Å². The van der Waals surface area contributed by atoms with Crippen LogP contribution in [0.1, 0.15) is 23.0 Å². The van der Waals surface area contributed by atoms with Crippen molar-refractivity contribution in [2.24, 2.45) is 0 Å². The second kappa shape index (κ2) is 7.98. The molecule has 0 aliphatic rings. The summed E-state index contributed by atoms with van der Waals surface area (Å²) in [6.45, 7) is 1.88. The second-order valence-electron chi connectivity index (χ2n) is 5.00. The maximum Gasteiger partial charge on any atom is 0.141 e. The third kappa shape index (κ3) is 5.14. The summed E-state index contributed by atoms with van der Waals surface area (Å²) in [4.78, 5) is 7.78. The molecule has 2 aromatic heterocycles. The zero-order chi connectivity index (χ0) is 15.2. The summed E-state index contributed by atoms with van der Waals surface area (Å²) < 4.78 is 14.1. The first-order valence-corrected chi connectivity index (χ1v) is 8.46. The Morgan fingerprint density at radius 2 is 2.29 bits per heavy atom. The molecule has 6 heteroatoms. The summed E-state index contributed by atoms with van der Waals surface area (Å²) in [5.41, 5.74) is 0.881. The summed E-state index contributed by atoms with van der Waals surface area (Å²) in [5, 5.41) is 5.34. The van der Waals surface area contributed by atoms with Crippen molar-refractivity contribution in [3.8, 4) is 0 Å². The number of halogens is 2. The lowest BCUT2D eigenvalue weighted by molar-refractivity contribution is 0.305. The van der Waals surface area contributed by atoms with Gasteiger partial charge in [-0.3, -0.25) is 4.98 Å². The van der Waals surface area contributed by atoms with Crippen LogP contribution in [0.25, 0.3) is 0 Å². The molecule has 0 aliphatic heterocycles. The minimum Gasteiger partial charge on any atom is -0.312 e. The number of hydrogen-bond acceptors (Lipinski definition) is 4. The molecule has 0 radical (unpaired) electrons. The quantitative estimate of drug-likeness (QED) is 0.801. The Kier molecular flexibility index (Phi) is 6.29. The fourth-order valence-corrected chi connectivity index (χ4v) is 3.69. The van der Waals surface area contributed by atoms with E-state index in [1.807, 2.05) is 7.05 Å². The van der Waals surface area contributed by atoms with Gasteiger partial charge in [0.1, 0.15) is 5.82 Å². The summed E-state index contributed by atoms with van der Waals surface area (Å²) in [5.74, 6) is -0.297. The van der Waals surface area contributed by atoms with Gasteiger partial charge < -0.3 is 10.2 Å². The monoisotopic (exact) mass is 371 g/mol. The van der Waals surface area contributed by atoms with E-state index in [1.165, 1.54) is 17.1 Å². The van der Waals surface area contributed by atoms with Crippen molar-refractivity contribution in [1.82, 2.24) is 15.2 Å². The van der Waals surface area contributed by atoms with Crippen molar-refractivity contribution in [2.45, 2.75) is 19.0 Å². The van der Waals surface area contributed by atoms with Gasteiger partial charge in [-0.05, 0) is 54.6 Å². The maximum absolute atomic E-state index is 12.9. The Morgan fingerprint density at radius 1 is 1.48 bits per heavy atom. The van der Waals surface area contributed by atoms with E-state index in [9.17, 15) is 4.39 Å². The van der Waals surface area contributed by atoms with Crippen molar-refractivity contribution < 1.29 is 4.39 Å². The van der Waals surface area contributed by atoms with Gasteiger partial charge in [0.25, 0.3) is 0 Å². The first-order chi connectivity index (χ1) is 10.1. The van der Waals surface area contributed by atoms with Gasteiger partial charge in [-0.1, -0.05) is 0 Å². The topological polar surface area (TPSA) is 28.2 Å². The van der Waals surface area contributed by atoms with E-state index < -0.39 is 0 Å². The van der Waals surface area contributed by atoms with Crippen molar-refractivity contribution in [1.29, 1.82) is 0 Å². The van der Waals surface area contributed by atoms with E-state index in [1.54, 1.807) is 17.4 Å². The molecule has 0 amide bonds. The molecule has 0 saturated heterocycles. The molecule has 0 spiro atoms. The molecule has 0 fully saturated rings. The molecule has 0 saturated carbocycles. The van der Waals surface area contributed by atoms with Crippen LogP contribution in [0.4, 0.5) is 4.39 Å². The molecule has 21 heavy (non-hydrogen) atoms. The number of nitrogens with zero attached hydrogens (tertiary/aromatic N) is 2. The van der Waals surface area contributed by atoms with E-state index >= 15 is 0 Å². The molecule has 0 aliphatic carbocycles. The van der Waals surface area contributed by atoms with Gasteiger partial charge in [0, 0.05) is 27.8 Å². The molecule has 114 valence electrons. The lowest BCUT2D eigenvalue weighted by Gasteiger charge is -2.20. The number of thiophene rings is 1. The molecule has 0 aromatic carbocycles. The van der Waals surface area contributed by atoms with Gasteiger partial charge in [-0.25, -0.2) is 4.39 Å². The van der Waals surface area contributed by atoms with E-state index in [-0.39, 0.29) is 11.9 Å². The number of aromatic nitrogens is 1. The predicted octanol–water partition coefficient (Wildman–Crippen LogP) is 3.83. The summed E-state index contributed by atoms with van der Waals surface area (Å²) in [7, 11) is 4.02. The van der Waals surface area contributed by atoms with Crippen molar-refractivity contribution in [3.63, 3.8) is 0 Å². The van der Waals surface area contributed by atoms with E-state index in [2.05, 4.69) is 49.6 Å². The van der Waals surface area contributed by atoms with Crippen LogP contribution in [0.15, 0.2) is 34.2 Å².